The first-order chi connectivity index (χ1) is 16.3. The van der Waals surface area contributed by atoms with E-state index in [-0.39, 0.29) is 5.56 Å². The molecule has 1 aliphatic rings. The maximum absolute atomic E-state index is 13.1. The zero-order chi connectivity index (χ0) is 23.9. The topological polar surface area (TPSA) is 63.3 Å². The molecule has 0 unspecified atom stereocenters. The normalized spacial score (nSPS) is 14.7. The van der Waals surface area contributed by atoms with Crippen LogP contribution in [0.4, 0.5) is 18.9 Å². The van der Waals surface area contributed by atoms with Crippen molar-refractivity contribution in [1.29, 1.82) is 0 Å². The van der Waals surface area contributed by atoms with Crippen LogP contribution in [0.15, 0.2) is 59.1 Å². The highest BCUT2D eigenvalue weighted by molar-refractivity contribution is 6.06. The van der Waals surface area contributed by atoms with Gasteiger partial charge in [-0.05, 0) is 68.4 Å². The minimum Gasteiger partial charge on any atom is -0.459 e. The third-order valence-electron chi connectivity index (χ3n) is 6.05. The second-order valence-electron chi connectivity index (χ2n) is 8.51. The Kier molecular flexibility index (Phi) is 5.65. The molecule has 0 aliphatic carbocycles. The van der Waals surface area contributed by atoms with Crippen molar-refractivity contribution in [3.8, 4) is 11.3 Å². The lowest BCUT2D eigenvalue weighted by Gasteiger charge is -2.12. The first kappa shape index (κ1) is 22.2. The number of carbonyl (C=O) groups is 1. The van der Waals surface area contributed by atoms with Gasteiger partial charge in [-0.3, -0.25) is 14.4 Å². The third kappa shape index (κ3) is 4.43. The minimum absolute atomic E-state index is 0.0704. The van der Waals surface area contributed by atoms with Crippen LogP contribution in [0.25, 0.3) is 22.2 Å². The monoisotopic (exact) mass is 468 g/mol. The highest BCUT2D eigenvalue weighted by atomic mass is 19.4. The Morgan fingerprint density at radius 1 is 1.12 bits per heavy atom. The third-order valence-corrected chi connectivity index (χ3v) is 6.05. The number of aryl methyl sites for hydroxylation is 1. The molecule has 6 nitrogen and oxygen atoms in total. The fourth-order valence-corrected chi connectivity index (χ4v) is 4.39. The van der Waals surface area contributed by atoms with E-state index >= 15 is 0 Å². The maximum atomic E-state index is 13.1. The second kappa shape index (κ2) is 8.64. The van der Waals surface area contributed by atoms with E-state index in [1.165, 1.54) is 25.0 Å². The number of nitrogens with zero attached hydrogens (tertiary/aromatic N) is 3. The largest absolute Gasteiger partial charge is 0.459 e. The average molecular weight is 468 g/mol. The van der Waals surface area contributed by atoms with Crippen molar-refractivity contribution in [3.63, 3.8) is 0 Å². The number of furan rings is 1. The van der Waals surface area contributed by atoms with E-state index in [4.69, 9.17) is 4.42 Å². The van der Waals surface area contributed by atoms with Crippen molar-refractivity contribution in [1.82, 2.24) is 14.7 Å². The number of halogens is 3. The number of hydrogen-bond acceptors (Lipinski definition) is 4. The van der Waals surface area contributed by atoms with Crippen LogP contribution in [0, 0.1) is 0 Å². The van der Waals surface area contributed by atoms with E-state index in [2.05, 4.69) is 15.3 Å². The van der Waals surface area contributed by atoms with Gasteiger partial charge in [0, 0.05) is 35.4 Å². The molecule has 0 saturated carbocycles. The summed E-state index contributed by atoms with van der Waals surface area (Å²) >= 11 is 0. The molecule has 1 N–H and O–H groups in total. The second-order valence-corrected chi connectivity index (χ2v) is 8.51. The highest BCUT2D eigenvalue weighted by Gasteiger charge is 2.31. The zero-order valence-electron chi connectivity index (χ0n) is 18.5. The van der Waals surface area contributed by atoms with Gasteiger partial charge in [0.1, 0.15) is 11.3 Å². The molecule has 5 rings (SSSR count). The lowest BCUT2D eigenvalue weighted by atomic mass is 10.1. The van der Waals surface area contributed by atoms with Gasteiger partial charge in [0.15, 0.2) is 0 Å². The smallest absolute Gasteiger partial charge is 0.416 e. The predicted molar refractivity (Wildman–Crippen MR) is 122 cm³/mol. The van der Waals surface area contributed by atoms with E-state index in [0.717, 1.165) is 47.6 Å². The summed E-state index contributed by atoms with van der Waals surface area (Å²) in [5, 5.41) is 7.78. The van der Waals surface area contributed by atoms with Gasteiger partial charge in [-0.25, -0.2) is 0 Å². The Hall–Kier alpha value is -3.59. The van der Waals surface area contributed by atoms with Crippen LogP contribution in [-0.4, -0.2) is 33.7 Å². The summed E-state index contributed by atoms with van der Waals surface area (Å²) in [6, 6.07) is 11.7. The lowest BCUT2D eigenvalue weighted by Crippen LogP contribution is -2.17. The molecule has 0 atom stereocenters. The molecular weight excluding hydrogens is 445 g/mol. The summed E-state index contributed by atoms with van der Waals surface area (Å²) in [5.74, 6) is 0.198. The number of carbonyl (C=O) groups excluding carboxylic acids is 1. The number of hydrogen-bond donors (Lipinski definition) is 1. The molecule has 2 aromatic carbocycles. The van der Waals surface area contributed by atoms with E-state index in [0.29, 0.717) is 17.8 Å². The zero-order valence-corrected chi connectivity index (χ0v) is 18.5. The van der Waals surface area contributed by atoms with Crippen LogP contribution < -0.4 is 5.32 Å². The van der Waals surface area contributed by atoms with Crippen molar-refractivity contribution >= 4 is 22.6 Å². The molecule has 0 bridgehead atoms. The van der Waals surface area contributed by atoms with Crippen molar-refractivity contribution in [2.24, 2.45) is 7.05 Å². The fourth-order valence-electron chi connectivity index (χ4n) is 4.39. The van der Waals surface area contributed by atoms with Gasteiger partial charge in [-0.1, -0.05) is 6.07 Å². The first-order valence-corrected chi connectivity index (χ1v) is 11.0. The van der Waals surface area contributed by atoms with E-state index in [1.54, 1.807) is 23.0 Å². The summed E-state index contributed by atoms with van der Waals surface area (Å²) in [6.07, 6.45) is -0.508. The van der Waals surface area contributed by atoms with Gasteiger partial charge in [-0.2, -0.15) is 18.3 Å². The van der Waals surface area contributed by atoms with Gasteiger partial charge in [0.05, 0.1) is 17.8 Å². The van der Waals surface area contributed by atoms with Crippen molar-refractivity contribution in [2.45, 2.75) is 25.6 Å². The van der Waals surface area contributed by atoms with E-state index in [9.17, 15) is 18.0 Å². The Morgan fingerprint density at radius 3 is 2.62 bits per heavy atom. The number of amides is 1. The molecule has 0 spiro atoms. The molecule has 1 fully saturated rings. The van der Waals surface area contributed by atoms with Crippen LogP contribution in [0.5, 0.6) is 0 Å². The molecule has 1 amide bonds. The molecule has 2 aromatic heterocycles. The molecule has 9 heteroatoms. The van der Waals surface area contributed by atoms with Gasteiger partial charge in [0.2, 0.25) is 0 Å². The van der Waals surface area contributed by atoms with Crippen LogP contribution in [0.1, 0.15) is 34.5 Å². The number of alkyl halides is 3. The van der Waals surface area contributed by atoms with Crippen molar-refractivity contribution in [3.05, 3.63) is 71.6 Å². The number of aromatic nitrogens is 2. The Bertz CT molecular complexity index is 1350. The van der Waals surface area contributed by atoms with Crippen LogP contribution in [0.2, 0.25) is 0 Å². The fraction of sp³-hybridized carbons (Fsp3) is 0.280. The average Bonchev–Trinajstić information content (AvgIpc) is 3.54. The highest BCUT2D eigenvalue weighted by Crippen LogP contribution is 2.35. The van der Waals surface area contributed by atoms with Gasteiger partial charge in [-0.15, -0.1) is 0 Å². The van der Waals surface area contributed by atoms with Gasteiger partial charge >= 0.3 is 6.18 Å². The molecule has 4 aromatic rings. The van der Waals surface area contributed by atoms with Gasteiger partial charge < -0.3 is 9.73 Å². The van der Waals surface area contributed by atoms with E-state index < -0.39 is 17.6 Å². The molecule has 1 aliphatic heterocycles. The summed E-state index contributed by atoms with van der Waals surface area (Å²) in [5.41, 5.74) is 1.73. The predicted octanol–water partition coefficient (Wildman–Crippen LogP) is 5.70. The van der Waals surface area contributed by atoms with Crippen molar-refractivity contribution < 1.29 is 22.4 Å². The Labute approximate surface area is 194 Å². The van der Waals surface area contributed by atoms with E-state index in [1.807, 2.05) is 19.2 Å². The molecule has 0 radical (unpaired) electrons. The lowest BCUT2D eigenvalue weighted by molar-refractivity contribution is -0.137. The SMILES string of the molecule is Cn1nccc1-c1cc(NC(=O)c2cccc(C(F)(F)F)c2)cc2cc(CN3CCCC3)oc12. The minimum atomic E-state index is -4.52. The number of benzene rings is 2. The number of fused-ring (bicyclic) bond motifs is 1. The standard InChI is InChI=1S/C25H23F3N4O2/c1-31-22(7-8-29-31)21-14-19(30-24(33)16-5-4-6-18(11-16)25(26,27)28)12-17-13-20(34-23(17)21)15-32-9-2-3-10-32/h4-8,11-14H,2-3,9-10,15H2,1H3,(H,30,33). The summed E-state index contributed by atoms with van der Waals surface area (Å²) in [6.45, 7) is 2.76. The number of anilines is 1. The molecule has 34 heavy (non-hydrogen) atoms. The molecule has 176 valence electrons. The molecule has 1 saturated heterocycles. The van der Waals surface area contributed by atoms with Gasteiger partial charge in [0.25, 0.3) is 5.91 Å². The Balaban J connectivity index is 1.51. The Morgan fingerprint density at radius 2 is 1.91 bits per heavy atom. The van der Waals surface area contributed by atoms with Crippen LogP contribution >= 0.6 is 0 Å². The summed E-state index contributed by atoms with van der Waals surface area (Å²) in [4.78, 5) is 15.1. The van der Waals surface area contributed by atoms with Crippen molar-refractivity contribution in [2.75, 3.05) is 18.4 Å². The number of likely N-dealkylation sites (tertiary alicyclic amines) is 1. The molecular formula is C25H23F3N4O2. The quantitative estimate of drug-likeness (QED) is 0.408. The maximum Gasteiger partial charge on any atom is 0.416 e. The molecule has 3 heterocycles. The first-order valence-electron chi connectivity index (χ1n) is 11.0. The summed E-state index contributed by atoms with van der Waals surface area (Å²) < 4.78 is 47.1. The summed E-state index contributed by atoms with van der Waals surface area (Å²) in [7, 11) is 1.81. The number of nitrogens with one attached hydrogen (secondary N) is 1. The van der Waals surface area contributed by atoms with Crippen LogP contribution in [0.3, 0.4) is 0 Å². The number of rotatable bonds is 5. The van der Waals surface area contributed by atoms with Crippen LogP contribution in [-0.2, 0) is 19.8 Å².